The fourth-order valence-electron chi connectivity index (χ4n) is 1.54. The van der Waals surface area contributed by atoms with E-state index < -0.39 is 12.3 Å². The minimum Gasteiger partial charge on any atom is -0.396 e. The molecule has 6 nitrogen and oxygen atoms in total. The van der Waals surface area contributed by atoms with Gasteiger partial charge in [-0.15, -0.1) is 0 Å². The molecule has 4 N–H and O–H groups in total. The van der Waals surface area contributed by atoms with Crippen LogP contribution in [0.4, 0.5) is 0 Å². The highest BCUT2D eigenvalue weighted by atomic mass is 16.5. The van der Waals surface area contributed by atoms with Gasteiger partial charge >= 0.3 is 0 Å². The van der Waals surface area contributed by atoms with Crippen LogP contribution in [0.5, 0.6) is 0 Å². The lowest BCUT2D eigenvalue weighted by molar-refractivity contribution is -0.0363. The molecule has 4 unspecified atom stereocenters. The number of ether oxygens (including phenoxy) is 1. The highest BCUT2D eigenvalue weighted by molar-refractivity contribution is 5.00. The zero-order valence-corrected chi connectivity index (χ0v) is 14.7. The molecular formula is C15H34N2O4. The van der Waals surface area contributed by atoms with Crippen molar-refractivity contribution < 1.29 is 20.1 Å². The van der Waals surface area contributed by atoms with Crippen LogP contribution in [-0.2, 0) is 4.74 Å². The lowest BCUT2D eigenvalue weighted by atomic mass is 9.95. The number of aliphatic hydroxyl groups excluding tert-OH is 3. The molecule has 0 spiro atoms. The van der Waals surface area contributed by atoms with Crippen LogP contribution < -0.4 is 5.43 Å². The van der Waals surface area contributed by atoms with Gasteiger partial charge in [-0.05, 0) is 20.8 Å². The van der Waals surface area contributed by atoms with Gasteiger partial charge in [0.05, 0.1) is 24.4 Å². The van der Waals surface area contributed by atoms with E-state index >= 15 is 0 Å². The summed E-state index contributed by atoms with van der Waals surface area (Å²) in [6.07, 6.45) is -1.10. The van der Waals surface area contributed by atoms with Gasteiger partial charge < -0.3 is 20.1 Å². The summed E-state index contributed by atoms with van der Waals surface area (Å²) in [4.78, 5) is 0. The third-order valence-corrected chi connectivity index (χ3v) is 2.96. The summed E-state index contributed by atoms with van der Waals surface area (Å²) in [6.45, 7) is 11.8. The van der Waals surface area contributed by atoms with Crippen LogP contribution in [0.1, 0.15) is 41.5 Å². The lowest BCUT2D eigenvalue weighted by Crippen LogP contribution is -2.46. The molecule has 128 valence electrons. The van der Waals surface area contributed by atoms with Crippen LogP contribution in [0.15, 0.2) is 0 Å². The fourth-order valence-corrected chi connectivity index (χ4v) is 1.54. The first-order chi connectivity index (χ1) is 9.29. The Hall–Kier alpha value is -0.240. The van der Waals surface area contributed by atoms with Crippen LogP contribution in [0.2, 0.25) is 0 Å². The summed E-state index contributed by atoms with van der Waals surface area (Å²) in [5.41, 5.74) is 2.54. The maximum absolute atomic E-state index is 9.40. The first-order valence-corrected chi connectivity index (χ1v) is 7.38. The molecule has 21 heavy (non-hydrogen) atoms. The van der Waals surface area contributed by atoms with E-state index in [1.54, 1.807) is 5.01 Å². The Morgan fingerprint density at radius 1 is 1.14 bits per heavy atom. The van der Waals surface area contributed by atoms with Crippen molar-refractivity contribution in [3.63, 3.8) is 0 Å². The number of nitrogens with one attached hydrogen (secondary N) is 1. The smallest absolute Gasteiger partial charge is 0.122 e. The van der Waals surface area contributed by atoms with Gasteiger partial charge in [-0.3, -0.25) is 0 Å². The van der Waals surface area contributed by atoms with Crippen LogP contribution in [-0.4, -0.2) is 65.1 Å². The molecule has 0 aromatic carbocycles. The molecule has 1 rings (SSSR count). The molecule has 1 aliphatic rings. The predicted molar refractivity (Wildman–Crippen MR) is 83.5 cm³/mol. The molecule has 6 heteroatoms. The molecule has 1 fully saturated rings. The highest BCUT2D eigenvalue weighted by Crippen LogP contribution is 2.36. The Balaban J connectivity index is 0.000000384. The number of hydrogen-bond donors (Lipinski definition) is 4. The molecular weight excluding hydrogens is 272 g/mol. The zero-order valence-electron chi connectivity index (χ0n) is 14.7. The Labute approximate surface area is 129 Å². The van der Waals surface area contributed by atoms with Gasteiger partial charge in [0.1, 0.15) is 6.23 Å². The van der Waals surface area contributed by atoms with E-state index in [-0.39, 0.29) is 29.6 Å². The molecule has 0 saturated heterocycles. The summed E-state index contributed by atoms with van der Waals surface area (Å²) in [5, 5.41) is 29.0. The van der Waals surface area contributed by atoms with Crippen molar-refractivity contribution in [3.8, 4) is 0 Å². The van der Waals surface area contributed by atoms with Crippen LogP contribution in [0.3, 0.4) is 0 Å². The summed E-state index contributed by atoms with van der Waals surface area (Å²) in [6, 6.07) is 0. The molecule has 4 atom stereocenters. The minimum atomic E-state index is -0.484. The molecule has 1 saturated carbocycles. The van der Waals surface area contributed by atoms with Gasteiger partial charge in [0.2, 0.25) is 0 Å². The average Bonchev–Trinajstić information content (AvgIpc) is 2.83. The zero-order chi connectivity index (χ0) is 17.0. The van der Waals surface area contributed by atoms with Gasteiger partial charge in [-0.25, -0.2) is 10.4 Å². The van der Waals surface area contributed by atoms with Gasteiger partial charge in [-0.1, -0.05) is 20.8 Å². The molecule has 0 amide bonds. The molecule has 0 radical (unpaired) electrons. The number of rotatable bonds is 4. The number of nitrogens with zero attached hydrogens (tertiary/aromatic N) is 1. The number of hydrogen-bond acceptors (Lipinski definition) is 6. The first-order valence-electron chi connectivity index (χ1n) is 7.38. The summed E-state index contributed by atoms with van der Waals surface area (Å²) < 4.78 is 5.45. The van der Waals surface area contributed by atoms with E-state index in [0.29, 0.717) is 0 Å². The number of aliphatic hydroxyl groups is 3. The van der Waals surface area contributed by atoms with Crippen LogP contribution in [0.25, 0.3) is 0 Å². The van der Waals surface area contributed by atoms with E-state index in [1.807, 2.05) is 55.6 Å². The summed E-state index contributed by atoms with van der Waals surface area (Å²) >= 11 is 0. The van der Waals surface area contributed by atoms with Crippen molar-refractivity contribution in [2.75, 3.05) is 20.7 Å². The van der Waals surface area contributed by atoms with E-state index in [2.05, 4.69) is 5.43 Å². The van der Waals surface area contributed by atoms with E-state index in [4.69, 9.17) is 14.9 Å². The van der Waals surface area contributed by atoms with E-state index in [9.17, 15) is 5.11 Å². The van der Waals surface area contributed by atoms with Crippen molar-refractivity contribution in [1.82, 2.24) is 10.4 Å². The van der Waals surface area contributed by atoms with Crippen molar-refractivity contribution >= 4 is 0 Å². The van der Waals surface area contributed by atoms with Crippen molar-refractivity contribution in [1.29, 1.82) is 0 Å². The second-order valence-corrected chi connectivity index (χ2v) is 7.82. The second kappa shape index (κ2) is 7.85. The SMILES string of the molecule is CC(C)(C)OC1C(O)C1CO.CN(C)NC(O)C(C)(C)C. The highest BCUT2D eigenvalue weighted by Gasteiger charge is 2.51. The molecule has 0 aliphatic heterocycles. The quantitative estimate of drug-likeness (QED) is 0.449. The van der Waals surface area contributed by atoms with Crippen molar-refractivity contribution in [2.24, 2.45) is 11.3 Å². The summed E-state index contributed by atoms with van der Waals surface area (Å²) in [5.74, 6) is -0.0609. The Morgan fingerprint density at radius 3 is 1.81 bits per heavy atom. The Kier molecular flexibility index (Phi) is 7.76. The molecule has 0 aromatic rings. The second-order valence-electron chi connectivity index (χ2n) is 7.82. The standard InChI is InChI=1S/C8H16O3.C7H18N2O/c1-8(2,3)11-7-5(4-9)6(7)10;1-7(2,3)6(10)8-9(4)5/h5-7,9-10H,4H2,1-3H3;6,8,10H,1-5H3. The largest absolute Gasteiger partial charge is 0.396 e. The molecule has 0 aromatic heterocycles. The Bertz CT molecular complexity index is 297. The number of hydrazine groups is 1. The third kappa shape index (κ3) is 8.70. The van der Waals surface area contributed by atoms with Crippen LogP contribution in [0, 0.1) is 11.3 Å². The third-order valence-electron chi connectivity index (χ3n) is 2.96. The monoisotopic (exact) mass is 306 g/mol. The van der Waals surface area contributed by atoms with Gasteiger partial charge in [0, 0.05) is 25.4 Å². The normalized spacial score (nSPS) is 27.1. The first kappa shape index (κ1) is 20.8. The fraction of sp³-hybridized carbons (Fsp3) is 1.00. The maximum atomic E-state index is 9.40. The molecule has 0 bridgehead atoms. The van der Waals surface area contributed by atoms with Crippen LogP contribution >= 0.6 is 0 Å². The van der Waals surface area contributed by atoms with Crippen molar-refractivity contribution in [2.45, 2.75) is 65.6 Å². The lowest BCUT2D eigenvalue weighted by Gasteiger charge is -2.29. The van der Waals surface area contributed by atoms with E-state index in [0.717, 1.165) is 0 Å². The topological polar surface area (TPSA) is 85.2 Å². The van der Waals surface area contributed by atoms with E-state index in [1.165, 1.54) is 0 Å². The summed E-state index contributed by atoms with van der Waals surface area (Å²) in [7, 11) is 3.71. The maximum Gasteiger partial charge on any atom is 0.122 e. The van der Waals surface area contributed by atoms with Gasteiger partial charge in [0.15, 0.2) is 0 Å². The predicted octanol–water partition coefficient (Wildman–Crippen LogP) is 0.570. The average molecular weight is 306 g/mol. The molecule has 0 heterocycles. The van der Waals surface area contributed by atoms with Gasteiger partial charge in [0.25, 0.3) is 0 Å². The van der Waals surface area contributed by atoms with Crippen molar-refractivity contribution in [3.05, 3.63) is 0 Å². The molecule has 1 aliphatic carbocycles. The van der Waals surface area contributed by atoms with Gasteiger partial charge in [-0.2, -0.15) is 0 Å². The minimum absolute atomic E-state index is 0.0158. The Morgan fingerprint density at radius 2 is 1.62 bits per heavy atom.